The summed E-state index contributed by atoms with van der Waals surface area (Å²) < 4.78 is 1.91. The minimum absolute atomic E-state index is 0. The molecule has 1 saturated carbocycles. The molecule has 0 unspecified atom stereocenters. The van der Waals surface area contributed by atoms with Crippen LogP contribution in [-0.2, 0) is 13.6 Å². The van der Waals surface area contributed by atoms with E-state index in [1.54, 1.807) is 0 Å². The second-order valence-electron chi connectivity index (χ2n) is 6.23. The first kappa shape index (κ1) is 16.6. The fourth-order valence-corrected chi connectivity index (χ4v) is 3.73. The zero-order valence-electron chi connectivity index (χ0n) is 13.0. The lowest BCUT2D eigenvalue weighted by Gasteiger charge is -2.25. The Morgan fingerprint density at radius 2 is 2.14 bits per heavy atom. The zero-order chi connectivity index (χ0) is 14.0. The lowest BCUT2D eigenvalue weighted by molar-refractivity contribution is 0.309. The standard InChI is InChI=1S/C15H25N5.HI/c1-16-14(17-11-13-5-9-18-19(13)2)20-10-8-15(12-20)6-3-4-7-15;/h5,9H,3-4,6-8,10-12H2,1-2H3,(H,16,17);1H. The molecule has 2 fully saturated rings. The molecular formula is C15H26IN5. The number of aliphatic imine (C=N–C) groups is 1. The summed E-state index contributed by atoms with van der Waals surface area (Å²) in [4.78, 5) is 6.89. The largest absolute Gasteiger partial charge is 0.351 e. The first-order chi connectivity index (χ1) is 9.72. The van der Waals surface area contributed by atoms with Crippen LogP contribution in [0.5, 0.6) is 0 Å². The summed E-state index contributed by atoms with van der Waals surface area (Å²) in [6, 6.07) is 2.04. The van der Waals surface area contributed by atoms with Gasteiger partial charge in [-0.1, -0.05) is 12.8 Å². The molecule has 1 spiro atoms. The summed E-state index contributed by atoms with van der Waals surface area (Å²) >= 11 is 0. The van der Waals surface area contributed by atoms with Gasteiger partial charge in [0.2, 0.25) is 0 Å². The van der Waals surface area contributed by atoms with Crippen LogP contribution in [-0.4, -0.2) is 40.8 Å². The Bertz CT molecular complexity index is 490. The van der Waals surface area contributed by atoms with E-state index in [2.05, 4.69) is 20.3 Å². The van der Waals surface area contributed by atoms with Crippen molar-refractivity contribution in [2.75, 3.05) is 20.1 Å². The van der Waals surface area contributed by atoms with Gasteiger partial charge in [-0.25, -0.2) is 0 Å². The van der Waals surface area contributed by atoms with Crippen LogP contribution in [0.15, 0.2) is 17.3 Å². The summed E-state index contributed by atoms with van der Waals surface area (Å²) in [6.45, 7) is 3.11. The highest BCUT2D eigenvalue weighted by Gasteiger charge is 2.41. The van der Waals surface area contributed by atoms with Crippen LogP contribution in [0.25, 0.3) is 0 Å². The van der Waals surface area contributed by atoms with Crippen LogP contribution < -0.4 is 5.32 Å². The van der Waals surface area contributed by atoms with Gasteiger partial charge in [0.25, 0.3) is 0 Å². The van der Waals surface area contributed by atoms with Gasteiger partial charge in [0.05, 0.1) is 12.2 Å². The fourth-order valence-electron chi connectivity index (χ4n) is 3.73. The van der Waals surface area contributed by atoms with Gasteiger partial charge in [-0.2, -0.15) is 5.10 Å². The maximum Gasteiger partial charge on any atom is 0.193 e. The molecule has 21 heavy (non-hydrogen) atoms. The predicted octanol–water partition coefficient (Wildman–Crippen LogP) is 2.38. The predicted molar refractivity (Wildman–Crippen MR) is 95.9 cm³/mol. The molecule has 1 aliphatic carbocycles. The van der Waals surface area contributed by atoms with E-state index in [0.29, 0.717) is 5.41 Å². The number of hydrogen-bond donors (Lipinski definition) is 1. The Morgan fingerprint density at radius 3 is 2.76 bits per heavy atom. The van der Waals surface area contributed by atoms with E-state index in [1.807, 2.05) is 31.0 Å². The van der Waals surface area contributed by atoms with Gasteiger partial charge in [-0.05, 0) is 30.7 Å². The zero-order valence-corrected chi connectivity index (χ0v) is 15.3. The number of aryl methyl sites for hydroxylation is 1. The topological polar surface area (TPSA) is 45.5 Å². The third-order valence-electron chi connectivity index (χ3n) is 4.96. The first-order valence-electron chi connectivity index (χ1n) is 7.65. The molecule has 2 aliphatic rings. The van der Waals surface area contributed by atoms with E-state index in [0.717, 1.165) is 19.0 Å². The number of nitrogens with zero attached hydrogens (tertiary/aromatic N) is 4. The second kappa shape index (κ2) is 6.98. The molecular weight excluding hydrogens is 377 g/mol. The van der Waals surface area contributed by atoms with E-state index in [1.165, 1.54) is 44.3 Å². The van der Waals surface area contributed by atoms with Crippen LogP contribution in [0.3, 0.4) is 0 Å². The highest BCUT2D eigenvalue weighted by Crippen LogP contribution is 2.45. The van der Waals surface area contributed by atoms with Crippen molar-refractivity contribution in [3.05, 3.63) is 18.0 Å². The number of guanidine groups is 1. The number of halogens is 1. The van der Waals surface area contributed by atoms with Crippen LogP contribution >= 0.6 is 24.0 Å². The van der Waals surface area contributed by atoms with Crippen LogP contribution in [0.1, 0.15) is 37.8 Å². The molecule has 1 N–H and O–H groups in total. The number of nitrogens with one attached hydrogen (secondary N) is 1. The monoisotopic (exact) mass is 403 g/mol. The Morgan fingerprint density at radius 1 is 1.38 bits per heavy atom. The normalized spacial score (nSPS) is 20.9. The summed E-state index contributed by atoms with van der Waals surface area (Å²) in [5.41, 5.74) is 1.77. The Hall–Kier alpha value is -0.790. The smallest absolute Gasteiger partial charge is 0.193 e. The van der Waals surface area contributed by atoms with Gasteiger partial charge in [-0.15, -0.1) is 24.0 Å². The molecule has 6 heteroatoms. The maximum absolute atomic E-state index is 4.46. The average Bonchev–Trinajstić information content (AvgIpc) is 3.16. The highest BCUT2D eigenvalue weighted by atomic mass is 127. The number of aromatic nitrogens is 2. The van der Waals surface area contributed by atoms with E-state index < -0.39 is 0 Å². The molecule has 0 radical (unpaired) electrons. The van der Waals surface area contributed by atoms with Crippen molar-refractivity contribution in [1.29, 1.82) is 0 Å². The highest BCUT2D eigenvalue weighted by molar-refractivity contribution is 14.0. The average molecular weight is 403 g/mol. The van der Waals surface area contributed by atoms with Gasteiger partial charge in [0.1, 0.15) is 0 Å². The van der Waals surface area contributed by atoms with Crippen molar-refractivity contribution in [2.24, 2.45) is 17.5 Å². The fraction of sp³-hybridized carbons (Fsp3) is 0.733. The molecule has 1 aromatic rings. The molecule has 0 aromatic carbocycles. The van der Waals surface area contributed by atoms with Crippen LogP contribution in [0.2, 0.25) is 0 Å². The Kier molecular flexibility index (Phi) is 5.51. The van der Waals surface area contributed by atoms with Crippen molar-refractivity contribution in [3.8, 4) is 0 Å². The molecule has 1 saturated heterocycles. The third-order valence-corrected chi connectivity index (χ3v) is 4.96. The minimum Gasteiger partial charge on any atom is -0.351 e. The van der Waals surface area contributed by atoms with Crippen molar-refractivity contribution in [2.45, 2.75) is 38.6 Å². The van der Waals surface area contributed by atoms with Gasteiger partial charge in [0, 0.05) is 33.4 Å². The van der Waals surface area contributed by atoms with Crippen LogP contribution in [0.4, 0.5) is 0 Å². The van der Waals surface area contributed by atoms with E-state index in [4.69, 9.17) is 0 Å². The number of rotatable bonds is 2. The molecule has 0 atom stereocenters. The lowest BCUT2D eigenvalue weighted by atomic mass is 9.86. The molecule has 2 heterocycles. The summed E-state index contributed by atoms with van der Waals surface area (Å²) in [5.74, 6) is 1.04. The van der Waals surface area contributed by atoms with Crippen molar-refractivity contribution >= 4 is 29.9 Å². The Labute approximate surface area is 144 Å². The third kappa shape index (κ3) is 3.52. The molecule has 118 valence electrons. The van der Waals surface area contributed by atoms with Crippen molar-refractivity contribution in [3.63, 3.8) is 0 Å². The molecule has 0 amide bonds. The lowest BCUT2D eigenvalue weighted by Crippen LogP contribution is -2.40. The molecule has 1 aliphatic heterocycles. The van der Waals surface area contributed by atoms with Crippen molar-refractivity contribution < 1.29 is 0 Å². The molecule has 3 rings (SSSR count). The molecule has 5 nitrogen and oxygen atoms in total. The second-order valence-corrected chi connectivity index (χ2v) is 6.23. The minimum atomic E-state index is 0. The number of hydrogen-bond acceptors (Lipinski definition) is 2. The SMILES string of the molecule is CN=C(NCc1ccnn1C)N1CCC2(CCCC2)C1.I. The quantitative estimate of drug-likeness (QED) is 0.469. The van der Waals surface area contributed by atoms with Gasteiger partial charge in [-0.3, -0.25) is 9.67 Å². The molecule has 1 aromatic heterocycles. The summed E-state index contributed by atoms with van der Waals surface area (Å²) in [5, 5.41) is 7.68. The Balaban J connectivity index is 0.00000161. The van der Waals surface area contributed by atoms with E-state index in [9.17, 15) is 0 Å². The van der Waals surface area contributed by atoms with Gasteiger partial charge in [0.15, 0.2) is 5.96 Å². The van der Waals surface area contributed by atoms with Crippen LogP contribution in [0, 0.1) is 5.41 Å². The maximum atomic E-state index is 4.46. The summed E-state index contributed by atoms with van der Waals surface area (Å²) in [6.07, 6.45) is 8.80. The van der Waals surface area contributed by atoms with E-state index >= 15 is 0 Å². The van der Waals surface area contributed by atoms with Crippen molar-refractivity contribution in [1.82, 2.24) is 20.0 Å². The summed E-state index contributed by atoms with van der Waals surface area (Å²) in [7, 11) is 3.86. The molecule has 0 bridgehead atoms. The first-order valence-corrected chi connectivity index (χ1v) is 7.65. The van der Waals surface area contributed by atoms with Gasteiger partial charge >= 0.3 is 0 Å². The number of likely N-dealkylation sites (tertiary alicyclic amines) is 1. The van der Waals surface area contributed by atoms with E-state index in [-0.39, 0.29) is 24.0 Å². The van der Waals surface area contributed by atoms with Gasteiger partial charge < -0.3 is 10.2 Å².